The van der Waals surface area contributed by atoms with Gasteiger partial charge in [0.25, 0.3) is 0 Å². The lowest BCUT2D eigenvalue weighted by Crippen LogP contribution is -2.21. The summed E-state index contributed by atoms with van der Waals surface area (Å²) in [4.78, 5) is 21.7. The van der Waals surface area contributed by atoms with Crippen molar-refractivity contribution in [1.29, 1.82) is 0 Å². The van der Waals surface area contributed by atoms with E-state index in [-0.39, 0.29) is 5.78 Å². The predicted molar refractivity (Wildman–Crippen MR) is 64.4 cm³/mol. The van der Waals surface area contributed by atoms with E-state index >= 15 is 0 Å². The first-order chi connectivity index (χ1) is 7.59. The third-order valence-corrected chi connectivity index (χ3v) is 2.89. The maximum Gasteiger partial charge on any atom is 0.314 e. The lowest BCUT2D eigenvalue weighted by atomic mass is 9.97. The normalized spacial score (nSPS) is 12.4. The predicted octanol–water partition coefficient (Wildman–Crippen LogP) is 3.42. The van der Waals surface area contributed by atoms with Crippen molar-refractivity contribution in [2.45, 2.75) is 65.2 Å². The van der Waals surface area contributed by atoms with Crippen molar-refractivity contribution in [3.63, 3.8) is 0 Å². The van der Waals surface area contributed by atoms with Crippen LogP contribution in [0.25, 0.3) is 0 Å². The van der Waals surface area contributed by atoms with E-state index in [0.29, 0.717) is 6.42 Å². The average Bonchev–Trinajstić information content (AvgIpc) is 2.21. The fraction of sp³-hybridized carbons (Fsp3) is 0.846. The topological polar surface area (TPSA) is 54.4 Å². The minimum atomic E-state index is -0.974. The molecule has 0 radical (unpaired) electrons. The van der Waals surface area contributed by atoms with Gasteiger partial charge in [0.1, 0.15) is 11.7 Å². The third-order valence-electron chi connectivity index (χ3n) is 2.89. The zero-order valence-electron chi connectivity index (χ0n) is 10.5. The highest BCUT2D eigenvalue weighted by Gasteiger charge is 2.21. The van der Waals surface area contributed by atoms with Gasteiger partial charge < -0.3 is 5.11 Å². The zero-order valence-corrected chi connectivity index (χ0v) is 10.5. The molecule has 3 heteroatoms. The first-order valence-corrected chi connectivity index (χ1v) is 6.32. The van der Waals surface area contributed by atoms with Crippen LogP contribution in [-0.2, 0) is 9.59 Å². The monoisotopic (exact) mass is 228 g/mol. The van der Waals surface area contributed by atoms with Crippen molar-refractivity contribution in [2.24, 2.45) is 5.92 Å². The number of Topliss-reactive ketones (excluding diaryl/α,β-unsaturated/α-hetero) is 1. The van der Waals surface area contributed by atoms with Crippen molar-refractivity contribution in [3.05, 3.63) is 0 Å². The molecule has 3 nitrogen and oxygen atoms in total. The Balaban J connectivity index is 3.48. The summed E-state index contributed by atoms with van der Waals surface area (Å²) in [5.74, 6) is -1.98. The number of carboxylic acid groups (broad SMARTS) is 1. The van der Waals surface area contributed by atoms with Gasteiger partial charge in [0.2, 0.25) is 0 Å². The number of hydrogen-bond acceptors (Lipinski definition) is 2. The number of carbonyl (C=O) groups is 2. The minimum Gasteiger partial charge on any atom is -0.481 e. The van der Waals surface area contributed by atoms with E-state index in [0.717, 1.165) is 19.3 Å². The van der Waals surface area contributed by atoms with Crippen LogP contribution in [0.15, 0.2) is 0 Å². The molecule has 0 bridgehead atoms. The van der Waals surface area contributed by atoms with Crippen molar-refractivity contribution in [3.8, 4) is 0 Å². The molecule has 0 rings (SSSR count). The molecule has 0 aromatic heterocycles. The van der Waals surface area contributed by atoms with Gasteiger partial charge in [-0.25, -0.2) is 0 Å². The van der Waals surface area contributed by atoms with Crippen LogP contribution in [0.5, 0.6) is 0 Å². The second-order valence-corrected chi connectivity index (χ2v) is 4.41. The summed E-state index contributed by atoms with van der Waals surface area (Å²) in [6.45, 7) is 3.55. The molecule has 0 aliphatic carbocycles. The Morgan fingerprint density at radius 1 is 1.00 bits per heavy atom. The first-order valence-electron chi connectivity index (χ1n) is 6.32. The fourth-order valence-electron chi connectivity index (χ4n) is 1.81. The van der Waals surface area contributed by atoms with E-state index in [9.17, 15) is 9.59 Å². The number of hydrogen-bond donors (Lipinski definition) is 1. The molecule has 1 unspecified atom stereocenters. The highest BCUT2D eigenvalue weighted by molar-refractivity contribution is 5.96. The molecule has 0 fully saturated rings. The zero-order chi connectivity index (χ0) is 12.4. The number of aliphatic carboxylic acids is 1. The molecule has 16 heavy (non-hydrogen) atoms. The summed E-state index contributed by atoms with van der Waals surface area (Å²) in [6.07, 6.45) is 8.57. The molecular formula is C13H24O3. The quantitative estimate of drug-likeness (QED) is 0.460. The van der Waals surface area contributed by atoms with E-state index in [1.54, 1.807) is 0 Å². The summed E-state index contributed by atoms with van der Waals surface area (Å²) in [5.41, 5.74) is 0. The number of unbranched alkanes of at least 4 members (excludes halogenated alkanes) is 6. The summed E-state index contributed by atoms with van der Waals surface area (Å²) in [5, 5.41) is 8.80. The van der Waals surface area contributed by atoms with Crippen LogP contribution in [0.2, 0.25) is 0 Å². The maximum absolute atomic E-state index is 11.0. The summed E-state index contributed by atoms with van der Waals surface area (Å²) in [6, 6.07) is 0. The standard InChI is InChI=1S/C13H24O3/c1-3-4-5-6-7-8-9-10-12(11(2)14)13(15)16/h12H,3-10H2,1-2H3,(H,15,16). The van der Waals surface area contributed by atoms with Gasteiger partial charge in [0, 0.05) is 0 Å². The van der Waals surface area contributed by atoms with Crippen LogP contribution in [0.4, 0.5) is 0 Å². The Morgan fingerprint density at radius 3 is 1.94 bits per heavy atom. The molecule has 1 atom stereocenters. The van der Waals surface area contributed by atoms with Gasteiger partial charge in [0.15, 0.2) is 0 Å². The van der Waals surface area contributed by atoms with Gasteiger partial charge in [-0.1, -0.05) is 51.9 Å². The second kappa shape index (κ2) is 9.37. The van der Waals surface area contributed by atoms with E-state index in [1.807, 2.05) is 0 Å². The minimum absolute atomic E-state index is 0.224. The van der Waals surface area contributed by atoms with E-state index < -0.39 is 11.9 Å². The number of carbonyl (C=O) groups excluding carboxylic acids is 1. The molecule has 94 valence electrons. The highest BCUT2D eigenvalue weighted by atomic mass is 16.4. The van der Waals surface area contributed by atoms with Gasteiger partial charge in [-0.2, -0.15) is 0 Å². The summed E-state index contributed by atoms with van der Waals surface area (Å²) in [7, 11) is 0. The molecule has 1 N–H and O–H groups in total. The Labute approximate surface area is 98.2 Å². The molecule has 0 spiro atoms. The number of ketones is 1. The second-order valence-electron chi connectivity index (χ2n) is 4.41. The summed E-state index contributed by atoms with van der Waals surface area (Å²) < 4.78 is 0. The molecule has 0 saturated carbocycles. The Bertz CT molecular complexity index is 197. The van der Waals surface area contributed by atoms with Crippen LogP contribution in [0, 0.1) is 5.92 Å². The van der Waals surface area contributed by atoms with E-state index in [4.69, 9.17) is 5.11 Å². The fourth-order valence-corrected chi connectivity index (χ4v) is 1.81. The lowest BCUT2D eigenvalue weighted by molar-refractivity contribution is -0.146. The van der Waals surface area contributed by atoms with Crippen LogP contribution in [-0.4, -0.2) is 16.9 Å². The SMILES string of the molecule is CCCCCCCCCC(C(C)=O)C(=O)O. The van der Waals surface area contributed by atoms with Crippen LogP contribution in [0.3, 0.4) is 0 Å². The van der Waals surface area contributed by atoms with Gasteiger partial charge in [0.05, 0.1) is 0 Å². The Hall–Kier alpha value is -0.860. The largest absolute Gasteiger partial charge is 0.481 e. The number of carboxylic acids is 1. The molecular weight excluding hydrogens is 204 g/mol. The molecule has 0 aromatic rings. The van der Waals surface area contributed by atoms with Gasteiger partial charge in [-0.3, -0.25) is 9.59 Å². The van der Waals surface area contributed by atoms with E-state index in [2.05, 4.69) is 6.92 Å². The molecule has 0 saturated heterocycles. The van der Waals surface area contributed by atoms with Crippen molar-refractivity contribution in [2.75, 3.05) is 0 Å². The molecule has 0 aliphatic rings. The Kier molecular flexibility index (Phi) is 8.87. The van der Waals surface area contributed by atoms with Crippen molar-refractivity contribution in [1.82, 2.24) is 0 Å². The molecule has 0 aromatic carbocycles. The molecule has 0 aliphatic heterocycles. The Morgan fingerprint density at radius 2 is 1.50 bits per heavy atom. The number of rotatable bonds is 10. The van der Waals surface area contributed by atoms with Gasteiger partial charge >= 0.3 is 5.97 Å². The molecule has 0 amide bonds. The maximum atomic E-state index is 11.0. The van der Waals surface area contributed by atoms with Crippen molar-refractivity contribution >= 4 is 11.8 Å². The molecule has 0 heterocycles. The van der Waals surface area contributed by atoms with Crippen LogP contribution in [0.1, 0.15) is 65.2 Å². The van der Waals surface area contributed by atoms with Gasteiger partial charge in [-0.15, -0.1) is 0 Å². The average molecular weight is 228 g/mol. The van der Waals surface area contributed by atoms with Crippen LogP contribution < -0.4 is 0 Å². The van der Waals surface area contributed by atoms with E-state index in [1.165, 1.54) is 32.6 Å². The smallest absolute Gasteiger partial charge is 0.314 e. The third kappa shape index (κ3) is 7.43. The van der Waals surface area contributed by atoms with Crippen molar-refractivity contribution < 1.29 is 14.7 Å². The van der Waals surface area contributed by atoms with Crippen LogP contribution >= 0.6 is 0 Å². The summed E-state index contributed by atoms with van der Waals surface area (Å²) >= 11 is 0. The van der Waals surface area contributed by atoms with Gasteiger partial charge in [-0.05, 0) is 13.3 Å². The lowest BCUT2D eigenvalue weighted by Gasteiger charge is -2.07. The first kappa shape index (κ1) is 15.1. The highest BCUT2D eigenvalue weighted by Crippen LogP contribution is 2.13.